The number of carboxylic acid groups (broad SMARTS) is 1. The number of aliphatic carboxylic acids is 1. The first-order valence-corrected chi connectivity index (χ1v) is 9.28. The van der Waals surface area contributed by atoms with Gasteiger partial charge in [-0.2, -0.15) is 0 Å². The minimum Gasteiger partial charge on any atom is -0.479 e. The number of halogens is 1. The lowest BCUT2D eigenvalue weighted by molar-refractivity contribution is -0.144. The molecule has 0 saturated carbocycles. The number of benzene rings is 1. The second-order valence-corrected chi connectivity index (χ2v) is 6.85. The van der Waals surface area contributed by atoms with Crippen LogP contribution in [0.2, 0.25) is 5.02 Å². The normalized spacial score (nSPS) is 15.7. The highest BCUT2D eigenvalue weighted by Crippen LogP contribution is 2.27. The number of nitrogens with one attached hydrogen (secondary N) is 1. The first-order valence-electron chi connectivity index (χ1n) is 8.90. The molecule has 0 radical (unpaired) electrons. The molecule has 0 spiro atoms. The number of hydrogen-bond donors (Lipinski definition) is 2. The summed E-state index contributed by atoms with van der Waals surface area (Å²) in [6.07, 6.45) is 0.185. The third kappa shape index (κ3) is 4.86. The molecule has 1 aliphatic rings. The van der Waals surface area contributed by atoms with Crippen LogP contribution in [0.25, 0.3) is 6.08 Å². The number of rotatable bonds is 7. The summed E-state index contributed by atoms with van der Waals surface area (Å²) in [6, 6.07) is 6.56. The quantitative estimate of drug-likeness (QED) is 0.375. The Balaban J connectivity index is 1.83. The topological polar surface area (TPSA) is 135 Å². The third-order valence-electron chi connectivity index (χ3n) is 4.25. The van der Waals surface area contributed by atoms with Gasteiger partial charge in [-0.3, -0.25) is 9.69 Å². The molecule has 1 saturated heterocycles. The lowest BCUT2D eigenvalue weighted by Gasteiger charge is -2.13. The average Bonchev–Trinajstić information content (AvgIpc) is 3.30. The van der Waals surface area contributed by atoms with E-state index in [0.717, 1.165) is 4.90 Å². The molecule has 0 unspecified atom stereocenters. The summed E-state index contributed by atoms with van der Waals surface area (Å²) in [4.78, 5) is 48.5. The molecule has 3 rings (SSSR count). The smallest absolute Gasteiger partial charge is 0.373 e. The Morgan fingerprint density at radius 3 is 2.71 bits per heavy atom. The van der Waals surface area contributed by atoms with Crippen LogP contribution in [0.1, 0.15) is 28.8 Å². The van der Waals surface area contributed by atoms with E-state index in [-0.39, 0.29) is 29.5 Å². The van der Waals surface area contributed by atoms with E-state index in [0.29, 0.717) is 10.6 Å². The zero-order valence-electron chi connectivity index (χ0n) is 16.4. The molecule has 0 bridgehead atoms. The fourth-order valence-corrected chi connectivity index (χ4v) is 2.86. The van der Waals surface area contributed by atoms with Crippen molar-refractivity contribution in [1.82, 2.24) is 10.2 Å². The van der Waals surface area contributed by atoms with E-state index in [4.69, 9.17) is 25.9 Å². The van der Waals surface area contributed by atoms with Gasteiger partial charge in [-0.05, 0) is 43.3 Å². The number of imide groups is 1. The van der Waals surface area contributed by atoms with Gasteiger partial charge >= 0.3 is 18.0 Å². The van der Waals surface area contributed by atoms with Crippen LogP contribution >= 0.6 is 11.6 Å². The van der Waals surface area contributed by atoms with E-state index in [1.807, 2.05) is 0 Å². The van der Waals surface area contributed by atoms with Gasteiger partial charge in [0.25, 0.3) is 5.91 Å². The van der Waals surface area contributed by atoms with Crippen molar-refractivity contribution in [2.24, 2.45) is 0 Å². The Hall–Kier alpha value is -3.79. The fraction of sp³-hybridized carbons (Fsp3) is 0.200. The van der Waals surface area contributed by atoms with Crippen LogP contribution in [-0.4, -0.2) is 47.1 Å². The predicted octanol–water partition coefficient (Wildman–Crippen LogP) is 2.66. The summed E-state index contributed by atoms with van der Waals surface area (Å²) in [7, 11) is 1.20. The standard InChI is InChI=1S/C20H17ClN2O8/c1-10(18(25)26)30-15-5-3-12(21)7-11(15)8-14-17(24)23(20(28)22-14)9-13-4-6-16(31-13)19(27)29-2/h3-8,10H,9H2,1-2H3,(H,22,28)(H,25,26)/b14-8-/t10-/m0/s1. The number of urea groups is 1. The molecule has 1 aliphatic heterocycles. The minimum absolute atomic E-state index is 0.0615. The van der Waals surface area contributed by atoms with Gasteiger partial charge in [-0.1, -0.05) is 11.6 Å². The minimum atomic E-state index is -1.17. The van der Waals surface area contributed by atoms with Gasteiger partial charge in [0.15, 0.2) is 6.10 Å². The van der Waals surface area contributed by atoms with Gasteiger partial charge in [-0.15, -0.1) is 0 Å². The summed E-state index contributed by atoms with van der Waals surface area (Å²) < 4.78 is 15.2. The van der Waals surface area contributed by atoms with E-state index < -0.39 is 30.0 Å². The Morgan fingerprint density at radius 1 is 1.29 bits per heavy atom. The largest absolute Gasteiger partial charge is 0.479 e. The number of carbonyl (C=O) groups is 4. The summed E-state index contributed by atoms with van der Waals surface area (Å²) >= 11 is 6.01. The Morgan fingerprint density at radius 2 is 2.03 bits per heavy atom. The number of hydrogen-bond acceptors (Lipinski definition) is 7. The highest BCUT2D eigenvalue weighted by Gasteiger charge is 2.34. The average molecular weight is 449 g/mol. The summed E-state index contributed by atoms with van der Waals surface area (Å²) in [6.45, 7) is 1.14. The van der Waals surface area contributed by atoms with Crippen molar-refractivity contribution in [3.8, 4) is 5.75 Å². The Bertz CT molecular complexity index is 1090. The predicted molar refractivity (Wildman–Crippen MR) is 106 cm³/mol. The number of esters is 1. The van der Waals surface area contributed by atoms with Crippen molar-refractivity contribution < 1.29 is 38.2 Å². The number of methoxy groups -OCH3 is 1. The maximum Gasteiger partial charge on any atom is 0.373 e. The van der Waals surface area contributed by atoms with Crippen LogP contribution < -0.4 is 10.1 Å². The molecule has 1 aromatic heterocycles. The highest BCUT2D eigenvalue weighted by atomic mass is 35.5. The number of ether oxygens (including phenoxy) is 2. The van der Waals surface area contributed by atoms with Crippen molar-refractivity contribution in [3.63, 3.8) is 0 Å². The van der Waals surface area contributed by atoms with Crippen molar-refractivity contribution in [2.45, 2.75) is 19.6 Å². The Kier molecular flexibility index (Phi) is 6.30. The van der Waals surface area contributed by atoms with E-state index in [2.05, 4.69) is 10.1 Å². The molecule has 1 atom stereocenters. The van der Waals surface area contributed by atoms with Gasteiger partial charge < -0.3 is 24.3 Å². The first kappa shape index (κ1) is 21.9. The molecular formula is C20H17ClN2O8. The zero-order valence-corrected chi connectivity index (χ0v) is 17.1. The van der Waals surface area contributed by atoms with E-state index in [1.165, 1.54) is 50.4 Å². The van der Waals surface area contributed by atoms with Crippen LogP contribution in [0.4, 0.5) is 4.79 Å². The maximum absolute atomic E-state index is 12.7. The van der Waals surface area contributed by atoms with Crippen LogP contribution in [-0.2, 0) is 20.9 Å². The molecule has 1 fully saturated rings. The SMILES string of the molecule is COC(=O)c1ccc(CN2C(=O)N/C(=C\c3cc(Cl)ccc3O[C@@H](C)C(=O)O)C2=O)o1. The van der Waals surface area contributed by atoms with Crippen molar-refractivity contribution >= 4 is 41.6 Å². The highest BCUT2D eigenvalue weighted by molar-refractivity contribution is 6.30. The molecule has 2 aromatic rings. The van der Waals surface area contributed by atoms with Crippen LogP contribution in [0.3, 0.4) is 0 Å². The van der Waals surface area contributed by atoms with Crippen molar-refractivity contribution in [2.75, 3.05) is 7.11 Å². The summed E-state index contributed by atoms with van der Waals surface area (Å²) in [5.41, 5.74) is 0.233. The van der Waals surface area contributed by atoms with Gasteiger partial charge in [0.1, 0.15) is 17.2 Å². The zero-order chi connectivity index (χ0) is 22.7. The number of amides is 3. The number of carboxylic acids is 1. The van der Waals surface area contributed by atoms with Gasteiger partial charge in [0.05, 0.1) is 13.7 Å². The second-order valence-electron chi connectivity index (χ2n) is 6.42. The third-order valence-corrected chi connectivity index (χ3v) is 4.48. The summed E-state index contributed by atoms with van der Waals surface area (Å²) in [5, 5.41) is 11.8. The molecule has 2 N–H and O–H groups in total. The molecule has 31 heavy (non-hydrogen) atoms. The second kappa shape index (κ2) is 8.92. The monoisotopic (exact) mass is 448 g/mol. The summed E-state index contributed by atoms with van der Waals surface area (Å²) in [5.74, 6) is -2.21. The van der Waals surface area contributed by atoms with Gasteiger partial charge in [-0.25, -0.2) is 14.4 Å². The molecular weight excluding hydrogens is 432 g/mol. The fourth-order valence-electron chi connectivity index (χ4n) is 2.68. The molecule has 1 aromatic carbocycles. The molecule has 2 heterocycles. The molecule has 10 nitrogen and oxygen atoms in total. The number of carbonyl (C=O) groups excluding carboxylic acids is 3. The van der Waals surface area contributed by atoms with E-state index in [1.54, 1.807) is 0 Å². The van der Waals surface area contributed by atoms with Crippen molar-refractivity contribution in [1.29, 1.82) is 0 Å². The Labute approximate surface area is 181 Å². The molecule has 11 heteroatoms. The van der Waals surface area contributed by atoms with Crippen molar-refractivity contribution in [3.05, 3.63) is 58.1 Å². The van der Waals surface area contributed by atoms with Crippen LogP contribution in [0.5, 0.6) is 5.75 Å². The van der Waals surface area contributed by atoms with Gasteiger partial charge in [0.2, 0.25) is 5.76 Å². The number of furan rings is 1. The first-order chi connectivity index (χ1) is 14.7. The number of nitrogens with zero attached hydrogens (tertiary/aromatic N) is 1. The van der Waals surface area contributed by atoms with Crippen LogP contribution in [0, 0.1) is 0 Å². The van der Waals surface area contributed by atoms with Crippen LogP contribution in [0.15, 0.2) is 40.4 Å². The molecule has 3 amide bonds. The molecule has 0 aliphatic carbocycles. The molecule has 162 valence electrons. The lowest BCUT2D eigenvalue weighted by Crippen LogP contribution is -2.30. The van der Waals surface area contributed by atoms with Gasteiger partial charge in [0, 0.05) is 10.6 Å². The van der Waals surface area contributed by atoms with E-state index >= 15 is 0 Å². The lowest BCUT2D eigenvalue weighted by atomic mass is 10.1. The van der Waals surface area contributed by atoms with E-state index in [9.17, 15) is 19.2 Å². The maximum atomic E-state index is 12.7.